The van der Waals surface area contributed by atoms with Crippen LogP contribution in [0.25, 0.3) is 0 Å². The summed E-state index contributed by atoms with van der Waals surface area (Å²) in [7, 11) is -0.617. The van der Waals surface area contributed by atoms with E-state index in [4.69, 9.17) is 0 Å². The fourth-order valence-corrected chi connectivity index (χ4v) is 4.75. The Morgan fingerprint density at radius 2 is 1.57 bits per heavy atom. The first-order valence-electron chi connectivity index (χ1n) is 5.81. The second kappa shape index (κ2) is 7.02. The molecule has 2 heteroatoms. The summed E-state index contributed by atoms with van der Waals surface area (Å²) in [5.74, 6) is 0. The molecule has 0 aromatic rings. The van der Waals surface area contributed by atoms with Crippen molar-refractivity contribution in [2.75, 3.05) is 19.3 Å². The van der Waals surface area contributed by atoms with Crippen molar-refractivity contribution in [3.8, 4) is 0 Å². The summed E-state index contributed by atoms with van der Waals surface area (Å²) in [6.07, 6.45) is 9.82. The Morgan fingerprint density at radius 3 is 2.07 bits per heavy atom. The summed E-state index contributed by atoms with van der Waals surface area (Å²) in [5, 5.41) is 0. The van der Waals surface area contributed by atoms with Gasteiger partial charge in [0.2, 0.25) is 0 Å². The topological polar surface area (TPSA) is 3.24 Å². The number of piperidine rings is 1. The maximum absolute atomic E-state index is 3.86. The van der Waals surface area contributed by atoms with Crippen LogP contribution < -0.4 is 0 Å². The third-order valence-corrected chi connectivity index (χ3v) is 6.00. The van der Waals surface area contributed by atoms with Gasteiger partial charge < -0.3 is 4.90 Å². The monoisotopic (exact) mass is 209 g/mol. The van der Waals surface area contributed by atoms with E-state index in [9.17, 15) is 0 Å². The predicted molar refractivity (Wildman–Crippen MR) is 67.4 cm³/mol. The van der Waals surface area contributed by atoms with Crippen LogP contribution in [0.3, 0.4) is 0 Å². The van der Waals surface area contributed by atoms with Crippen molar-refractivity contribution in [2.45, 2.75) is 31.4 Å². The Balaban J connectivity index is 2.28. The molecule has 1 rings (SSSR count). The van der Waals surface area contributed by atoms with E-state index in [0.717, 1.165) is 0 Å². The molecule has 0 aromatic heterocycles. The summed E-state index contributed by atoms with van der Waals surface area (Å²) < 4.78 is 0. The molecule has 14 heavy (non-hydrogen) atoms. The van der Waals surface area contributed by atoms with E-state index < -0.39 is 8.80 Å². The number of hydrogen-bond donors (Lipinski definition) is 0. The van der Waals surface area contributed by atoms with Crippen molar-refractivity contribution in [1.29, 1.82) is 0 Å². The highest BCUT2D eigenvalue weighted by atomic mass is 28.3. The van der Waals surface area contributed by atoms with Gasteiger partial charge in [0.1, 0.15) is 0 Å². The van der Waals surface area contributed by atoms with E-state index in [1.54, 1.807) is 0 Å². The van der Waals surface area contributed by atoms with E-state index in [1.807, 2.05) is 0 Å². The Kier molecular flexibility index (Phi) is 5.88. The van der Waals surface area contributed by atoms with Crippen LogP contribution in [0.2, 0.25) is 12.1 Å². The highest BCUT2D eigenvalue weighted by Gasteiger charge is 2.15. The fraction of sp³-hybridized carbons (Fsp3) is 0.667. The maximum atomic E-state index is 3.86. The summed E-state index contributed by atoms with van der Waals surface area (Å²) >= 11 is 0. The van der Waals surface area contributed by atoms with Crippen LogP contribution in [0.15, 0.2) is 25.3 Å². The zero-order valence-corrected chi connectivity index (χ0v) is 10.4. The van der Waals surface area contributed by atoms with E-state index in [2.05, 4.69) is 30.2 Å². The van der Waals surface area contributed by atoms with Crippen molar-refractivity contribution in [2.24, 2.45) is 0 Å². The van der Waals surface area contributed by atoms with Crippen LogP contribution in [0.1, 0.15) is 19.3 Å². The molecule has 1 aliphatic heterocycles. The first-order chi connectivity index (χ1) is 6.86. The van der Waals surface area contributed by atoms with Gasteiger partial charge in [-0.3, -0.25) is 0 Å². The summed E-state index contributed by atoms with van der Waals surface area (Å²) in [5.41, 5.74) is 0. The van der Waals surface area contributed by atoms with Gasteiger partial charge in [0.05, 0.1) is 8.80 Å². The van der Waals surface area contributed by atoms with Crippen LogP contribution in [0.4, 0.5) is 0 Å². The second-order valence-corrected chi connectivity index (χ2v) is 7.32. The smallest absolute Gasteiger partial charge is 0.0604 e. The molecule has 80 valence electrons. The Hall–Kier alpha value is -0.343. The van der Waals surface area contributed by atoms with Crippen LogP contribution in [-0.4, -0.2) is 33.0 Å². The molecule has 0 radical (unpaired) electrons. The molecule has 0 aliphatic carbocycles. The largest absolute Gasteiger partial charge is 0.306 e. The Labute approximate surface area is 90.1 Å². The number of nitrogens with zero attached hydrogens (tertiary/aromatic N) is 1. The fourth-order valence-electron chi connectivity index (χ4n) is 2.22. The zero-order valence-electron chi connectivity index (χ0n) is 9.25. The molecule has 1 nitrogen and oxygen atoms in total. The third-order valence-electron chi connectivity index (χ3n) is 2.97. The zero-order chi connectivity index (χ0) is 10.2. The molecule has 0 amide bonds. The molecule has 1 fully saturated rings. The van der Waals surface area contributed by atoms with Crippen LogP contribution in [0, 0.1) is 0 Å². The van der Waals surface area contributed by atoms with E-state index >= 15 is 0 Å². The number of allylic oxidation sites excluding steroid dienone is 2. The number of rotatable bonds is 6. The predicted octanol–water partition coefficient (Wildman–Crippen LogP) is 2.61. The van der Waals surface area contributed by atoms with Crippen molar-refractivity contribution in [3.63, 3.8) is 0 Å². The lowest BCUT2D eigenvalue weighted by molar-refractivity contribution is 0.260. The Morgan fingerprint density at radius 1 is 1.00 bits per heavy atom. The minimum absolute atomic E-state index is 0.617. The molecule has 1 heterocycles. The van der Waals surface area contributed by atoms with Crippen LogP contribution in [-0.2, 0) is 0 Å². The van der Waals surface area contributed by atoms with Gasteiger partial charge in [-0.25, -0.2) is 0 Å². The molecular weight excluding hydrogens is 186 g/mol. The van der Waals surface area contributed by atoms with E-state index in [1.165, 1.54) is 50.6 Å². The average molecular weight is 209 g/mol. The highest BCUT2D eigenvalue weighted by molar-refractivity contribution is 6.60. The van der Waals surface area contributed by atoms with Gasteiger partial charge in [-0.05, 0) is 44.2 Å². The molecule has 0 aromatic carbocycles. The lowest BCUT2D eigenvalue weighted by Gasteiger charge is -2.29. The molecule has 1 saturated heterocycles. The van der Waals surface area contributed by atoms with E-state index in [-0.39, 0.29) is 0 Å². The quantitative estimate of drug-likeness (QED) is 0.480. The molecule has 0 saturated carbocycles. The van der Waals surface area contributed by atoms with Crippen molar-refractivity contribution >= 4 is 8.80 Å². The maximum Gasteiger partial charge on any atom is 0.0604 e. The molecule has 0 atom stereocenters. The lowest BCUT2D eigenvalue weighted by Crippen LogP contribution is -2.38. The third kappa shape index (κ3) is 4.25. The summed E-state index contributed by atoms with van der Waals surface area (Å²) in [4.78, 5) is 2.66. The second-order valence-electron chi connectivity index (χ2n) is 4.28. The van der Waals surface area contributed by atoms with Gasteiger partial charge in [-0.15, -0.1) is 13.2 Å². The van der Waals surface area contributed by atoms with Gasteiger partial charge in [-0.2, -0.15) is 0 Å². The van der Waals surface area contributed by atoms with Crippen molar-refractivity contribution in [1.82, 2.24) is 4.90 Å². The van der Waals surface area contributed by atoms with Crippen LogP contribution >= 0.6 is 0 Å². The first kappa shape index (κ1) is 11.7. The molecule has 0 spiro atoms. The first-order valence-corrected chi connectivity index (χ1v) is 8.26. The molecule has 0 bridgehead atoms. The molecule has 1 aliphatic rings. The highest BCUT2D eigenvalue weighted by Crippen LogP contribution is 2.11. The SMILES string of the molecule is C=CC[SiH](CC=C)CN1CCCCC1. The normalized spacial score (nSPS) is 18.4. The minimum Gasteiger partial charge on any atom is -0.306 e. The van der Waals surface area contributed by atoms with E-state index in [0.29, 0.717) is 0 Å². The van der Waals surface area contributed by atoms with Crippen LogP contribution in [0.5, 0.6) is 0 Å². The summed E-state index contributed by atoms with van der Waals surface area (Å²) in [6, 6.07) is 2.53. The van der Waals surface area contributed by atoms with Gasteiger partial charge in [0.15, 0.2) is 0 Å². The minimum atomic E-state index is -0.617. The van der Waals surface area contributed by atoms with Crippen molar-refractivity contribution < 1.29 is 0 Å². The molecule has 0 N–H and O–H groups in total. The molecule has 0 unspecified atom stereocenters. The summed E-state index contributed by atoms with van der Waals surface area (Å²) in [6.45, 7) is 10.4. The van der Waals surface area contributed by atoms with Crippen molar-refractivity contribution in [3.05, 3.63) is 25.3 Å². The van der Waals surface area contributed by atoms with Gasteiger partial charge in [0, 0.05) is 0 Å². The average Bonchev–Trinajstić information content (AvgIpc) is 2.20. The lowest BCUT2D eigenvalue weighted by atomic mass is 10.1. The standard InChI is InChI=1S/C12H23NSi/c1-3-10-14(11-4-2)12-13-8-6-5-7-9-13/h3-4,14H,1-2,5-12H2. The Bertz CT molecular complexity index is 163. The number of likely N-dealkylation sites (tertiary alicyclic amines) is 1. The van der Waals surface area contributed by atoms with Gasteiger partial charge in [0.25, 0.3) is 0 Å². The molecular formula is C12H23NSi. The van der Waals surface area contributed by atoms with Gasteiger partial charge >= 0.3 is 0 Å². The van der Waals surface area contributed by atoms with Gasteiger partial charge in [-0.1, -0.05) is 18.6 Å². The number of hydrogen-bond acceptors (Lipinski definition) is 1.